The van der Waals surface area contributed by atoms with Gasteiger partial charge in [-0.1, -0.05) is 30.3 Å². The molecule has 2 aliphatic rings. The van der Waals surface area contributed by atoms with Crippen LogP contribution >= 0.6 is 11.8 Å². The van der Waals surface area contributed by atoms with E-state index in [1.807, 2.05) is 0 Å². The smallest absolute Gasteiger partial charge is 0.327 e. The number of aliphatic carboxylic acids is 1. The zero-order valence-electron chi connectivity index (χ0n) is 16.6. The number of terminal acetylenes is 1. The average Bonchev–Trinajstić information content (AvgIpc) is 2.97. The van der Waals surface area contributed by atoms with Crippen molar-refractivity contribution in [1.82, 2.24) is 15.5 Å². The number of carboxylic acids is 1. The molecular weight excluding hydrogens is 406 g/mol. The third-order valence-corrected chi connectivity index (χ3v) is 6.74. The first kappa shape index (κ1) is 21.7. The molecule has 3 N–H and O–H groups in total. The maximum atomic E-state index is 13.0. The zero-order chi connectivity index (χ0) is 22.1. The van der Waals surface area contributed by atoms with Crippen molar-refractivity contribution < 1.29 is 24.3 Å². The molecule has 0 aromatic heterocycles. The number of thioether (sulfide) groups is 1. The topological polar surface area (TPSA) is 116 Å². The van der Waals surface area contributed by atoms with Gasteiger partial charge < -0.3 is 20.6 Å². The Morgan fingerprint density at radius 3 is 2.57 bits per heavy atom. The van der Waals surface area contributed by atoms with E-state index in [1.165, 1.54) is 16.7 Å². The summed E-state index contributed by atoms with van der Waals surface area (Å²) in [5, 5.41) is 14.4. The van der Waals surface area contributed by atoms with Crippen LogP contribution < -0.4 is 10.6 Å². The van der Waals surface area contributed by atoms with Crippen LogP contribution in [0.2, 0.25) is 0 Å². The van der Waals surface area contributed by atoms with Crippen LogP contribution in [0.1, 0.15) is 38.3 Å². The van der Waals surface area contributed by atoms with Gasteiger partial charge in [-0.05, 0) is 19.4 Å². The van der Waals surface area contributed by atoms with Gasteiger partial charge in [-0.2, -0.15) is 0 Å². The van der Waals surface area contributed by atoms with Crippen molar-refractivity contribution in [3.63, 3.8) is 0 Å². The zero-order valence-corrected chi connectivity index (χ0v) is 17.4. The fourth-order valence-electron chi connectivity index (χ4n) is 3.75. The Balaban J connectivity index is 1.75. The molecule has 0 unspecified atom stereocenters. The summed E-state index contributed by atoms with van der Waals surface area (Å²) in [4.78, 5) is 50.7. The monoisotopic (exact) mass is 429 g/mol. The largest absolute Gasteiger partial charge is 0.480 e. The molecule has 158 valence electrons. The molecule has 1 aromatic rings. The molecule has 0 saturated carbocycles. The van der Waals surface area contributed by atoms with Crippen molar-refractivity contribution in [3.8, 4) is 12.3 Å². The minimum atomic E-state index is -1.07. The Hall–Kier alpha value is -2.99. The van der Waals surface area contributed by atoms with Crippen molar-refractivity contribution in [2.45, 2.75) is 54.9 Å². The highest BCUT2D eigenvalue weighted by Gasteiger charge is 2.64. The lowest BCUT2D eigenvalue weighted by atomic mass is 9.95. The molecular formula is C21H23N3O5S. The Kier molecular flexibility index (Phi) is 6.08. The minimum Gasteiger partial charge on any atom is -0.480 e. The molecule has 3 amide bonds. The summed E-state index contributed by atoms with van der Waals surface area (Å²) >= 11 is 1.34. The van der Waals surface area contributed by atoms with E-state index in [1.54, 1.807) is 44.2 Å². The van der Waals surface area contributed by atoms with E-state index >= 15 is 0 Å². The van der Waals surface area contributed by atoms with E-state index < -0.39 is 46.0 Å². The summed E-state index contributed by atoms with van der Waals surface area (Å²) in [6.07, 6.45) is 5.52. The predicted molar refractivity (Wildman–Crippen MR) is 111 cm³/mol. The van der Waals surface area contributed by atoms with Gasteiger partial charge in [0.2, 0.25) is 17.7 Å². The molecule has 2 fully saturated rings. The second-order valence-electron chi connectivity index (χ2n) is 7.70. The van der Waals surface area contributed by atoms with Crippen LogP contribution in [0.15, 0.2) is 30.3 Å². The van der Waals surface area contributed by atoms with E-state index in [-0.39, 0.29) is 18.7 Å². The molecule has 2 aliphatic heterocycles. The molecule has 1 aromatic carbocycles. The number of fused-ring (bicyclic) bond motifs is 1. The first-order chi connectivity index (χ1) is 14.2. The van der Waals surface area contributed by atoms with E-state index in [0.717, 1.165) is 0 Å². The Morgan fingerprint density at radius 2 is 1.97 bits per heavy atom. The van der Waals surface area contributed by atoms with E-state index in [4.69, 9.17) is 6.42 Å². The highest BCUT2D eigenvalue weighted by Crippen LogP contribution is 2.50. The van der Waals surface area contributed by atoms with E-state index in [0.29, 0.717) is 5.56 Å². The van der Waals surface area contributed by atoms with Gasteiger partial charge in [0.05, 0.1) is 0 Å². The summed E-state index contributed by atoms with van der Waals surface area (Å²) in [6, 6.07) is 5.88. The maximum absolute atomic E-state index is 13.0. The molecule has 0 aliphatic carbocycles. The quantitative estimate of drug-likeness (QED) is 0.438. The maximum Gasteiger partial charge on any atom is 0.327 e. The second-order valence-corrected chi connectivity index (χ2v) is 9.47. The van der Waals surface area contributed by atoms with Crippen molar-refractivity contribution in [1.29, 1.82) is 0 Å². The van der Waals surface area contributed by atoms with Crippen LogP contribution in [-0.4, -0.2) is 55.9 Å². The summed E-state index contributed by atoms with van der Waals surface area (Å²) in [5.41, 5.74) is 0.565. The lowest BCUT2D eigenvalue weighted by Gasteiger charge is -2.44. The fraction of sp³-hybridized carbons (Fsp3) is 0.429. The minimum absolute atomic E-state index is 0.0796. The lowest BCUT2D eigenvalue weighted by Crippen LogP contribution is -2.71. The Morgan fingerprint density at radius 1 is 1.30 bits per heavy atom. The van der Waals surface area contributed by atoms with Gasteiger partial charge in [0.25, 0.3) is 0 Å². The fourth-order valence-corrected chi connectivity index (χ4v) is 5.37. The summed E-state index contributed by atoms with van der Waals surface area (Å²) in [7, 11) is 0. The van der Waals surface area contributed by atoms with Gasteiger partial charge in [0.1, 0.15) is 23.5 Å². The van der Waals surface area contributed by atoms with E-state index in [9.17, 15) is 24.3 Å². The van der Waals surface area contributed by atoms with Gasteiger partial charge in [-0.25, -0.2) is 4.79 Å². The molecule has 0 radical (unpaired) electrons. The Bertz CT molecular complexity index is 911. The standard InChI is InChI=1S/C21H23N3O5S/c1-4-5-11-13(25)22-14(12-9-7-6-8-10-12)17(26)23-15-18(27)24-16(20(28)29)21(2,3)30-19(15)24/h1,6-10,14-16,19H,5,11H2,2-3H3,(H,22,25)(H,23,26)(H,28,29)/t14-,15-,16+,19-/m1/s1. The molecule has 2 saturated heterocycles. The van der Waals surface area contributed by atoms with Gasteiger partial charge >= 0.3 is 5.97 Å². The number of nitrogens with one attached hydrogen (secondary N) is 2. The number of nitrogens with zero attached hydrogens (tertiary/aromatic N) is 1. The van der Waals surface area contributed by atoms with Crippen LogP contribution in [0.4, 0.5) is 0 Å². The van der Waals surface area contributed by atoms with Gasteiger partial charge in [0, 0.05) is 17.6 Å². The van der Waals surface area contributed by atoms with Gasteiger partial charge in [0.15, 0.2) is 0 Å². The normalized spacial score (nSPS) is 24.8. The molecule has 8 nitrogen and oxygen atoms in total. The summed E-state index contributed by atoms with van der Waals surface area (Å²) in [5.74, 6) is -0.0435. The number of rotatable bonds is 7. The van der Waals surface area contributed by atoms with Crippen molar-refractivity contribution in [2.24, 2.45) is 0 Å². The highest BCUT2D eigenvalue weighted by molar-refractivity contribution is 8.01. The van der Waals surface area contributed by atoms with Crippen LogP contribution in [0.3, 0.4) is 0 Å². The van der Waals surface area contributed by atoms with Crippen molar-refractivity contribution in [2.75, 3.05) is 0 Å². The number of carbonyl (C=O) groups is 4. The molecule has 0 spiro atoms. The summed E-state index contributed by atoms with van der Waals surface area (Å²) < 4.78 is -0.687. The molecule has 3 rings (SSSR count). The van der Waals surface area contributed by atoms with Gasteiger partial charge in [-0.15, -0.1) is 24.1 Å². The first-order valence-corrected chi connectivity index (χ1v) is 10.4. The lowest BCUT2D eigenvalue weighted by molar-refractivity contribution is -0.161. The average molecular weight is 429 g/mol. The van der Waals surface area contributed by atoms with Crippen LogP contribution in [-0.2, 0) is 19.2 Å². The third kappa shape index (κ3) is 4.00. The highest BCUT2D eigenvalue weighted by atomic mass is 32.2. The second kappa shape index (κ2) is 8.40. The molecule has 2 heterocycles. The molecule has 30 heavy (non-hydrogen) atoms. The first-order valence-electron chi connectivity index (χ1n) is 9.48. The molecule has 0 bridgehead atoms. The number of benzene rings is 1. The van der Waals surface area contributed by atoms with Crippen LogP contribution in [0.5, 0.6) is 0 Å². The van der Waals surface area contributed by atoms with Crippen molar-refractivity contribution >= 4 is 35.5 Å². The summed E-state index contributed by atoms with van der Waals surface area (Å²) in [6.45, 7) is 3.53. The van der Waals surface area contributed by atoms with Crippen molar-refractivity contribution in [3.05, 3.63) is 35.9 Å². The number of hydrogen-bond donors (Lipinski definition) is 3. The van der Waals surface area contributed by atoms with Gasteiger partial charge in [-0.3, -0.25) is 14.4 Å². The number of β-lactam (4-membered cyclic amide) rings is 1. The van der Waals surface area contributed by atoms with Crippen LogP contribution in [0.25, 0.3) is 0 Å². The number of amides is 3. The molecule has 9 heteroatoms. The molecule has 4 atom stereocenters. The third-order valence-electron chi connectivity index (χ3n) is 5.17. The predicted octanol–water partition coefficient (Wildman–Crippen LogP) is 0.889. The SMILES string of the molecule is C#CCCC(=O)N[C@@H](C(=O)N[C@@H]1C(=O)N2[C@@H]1SC(C)(C)[C@@H]2C(=O)O)c1ccccc1. The van der Waals surface area contributed by atoms with E-state index in [2.05, 4.69) is 16.6 Å². The Labute approximate surface area is 178 Å². The van der Waals surface area contributed by atoms with Crippen LogP contribution in [0, 0.1) is 12.3 Å². The number of carboxylic acid groups (broad SMARTS) is 1. The number of carbonyl (C=O) groups excluding carboxylic acids is 3. The number of hydrogen-bond acceptors (Lipinski definition) is 5.